The molecule has 116 valence electrons. The summed E-state index contributed by atoms with van der Waals surface area (Å²) in [6.07, 6.45) is 4.83. The fourth-order valence-electron chi connectivity index (χ4n) is 3.70. The second-order valence-electron chi connectivity index (χ2n) is 6.48. The highest BCUT2D eigenvalue weighted by molar-refractivity contribution is 5.37. The molecule has 0 radical (unpaired) electrons. The predicted octanol–water partition coefficient (Wildman–Crippen LogP) is 3.36. The van der Waals surface area contributed by atoms with Crippen molar-refractivity contribution in [1.82, 2.24) is 10.2 Å². The van der Waals surface area contributed by atoms with E-state index in [1.807, 2.05) is 0 Å². The zero-order valence-electron chi connectivity index (χ0n) is 13.3. The van der Waals surface area contributed by atoms with Gasteiger partial charge < -0.3 is 10.1 Å². The molecule has 0 aliphatic carbocycles. The molecule has 21 heavy (non-hydrogen) atoms. The fourth-order valence-corrected chi connectivity index (χ4v) is 3.70. The van der Waals surface area contributed by atoms with Crippen molar-refractivity contribution in [3.05, 3.63) is 29.8 Å². The van der Waals surface area contributed by atoms with Crippen molar-refractivity contribution in [3.63, 3.8) is 0 Å². The van der Waals surface area contributed by atoms with E-state index in [-0.39, 0.29) is 0 Å². The molecule has 0 aromatic heterocycles. The van der Waals surface area contributed by atoms with Crippen molar-refractivity contribution in [1.29, 1.82) is 0 Å². The van der Waals surface area contributed by atoms with Crippen LogP contribution < -0.4 is 10.1 Å². The second-order valence-corrected chi connectivity index (χ2v) is 6.48. The molecule has 3 rings (SSSR count). The van der Waals surface area contributed by atoms with Gasteiger partial charge in [-0.05, 0) is 32.3 Å². The largest absolute Gasteiger partial charge is 0.493 e. The molecule has 2 aliphatic heterocycles. The van der Waals surface area contributed by atoms with E-state index in [0.29, 0.717) is 18.1 Å². The maximum atomic E-state index is 5.82. The van der Waals surface area contributed by atoms with E-state index in [9.17, 15) is 0 Å². The lowest BCUT2D eigenvalue weighted by molar-refractivity contribution is 0.118. The van der Waals surface area contributed by atoms with Crippen LogP contribution in [0.2, 0.25) is 0 Å². The molecule has 1 aromatic carbocycles. The summed E-state index contributed by atoms with van der Waals surface area (Å²) in [5.41, 5.74) is 1.39. The number of benzene rings is 1. The average molecular weight is 288 g/mol. The highest BCUT2D eigenvalue weighted by Gasteiger charge is 2.28. The van der Waals surface area contributed by atoms with Crippen molar-refractivity contribution >= 4 is 0 Å². The summed E-state index contributed by atoms with van der Waals surface area (Å²) in [4.78, 5) is 2.70. The molecule has 0 bridgehead atoms. The van der Waals surface area contributed by atoms with Crippen LogP contribution in [0.1, 0.15) is 51.1 Å². The van der Waals surface area contributed by atoms with Crippen LogP contribution in [0.25, 0.3) is 0 Å². The zero-order chi connectivity index (χ0) is 14.7. The molecule has 0 spiro atoms. The lowest BCUT2D eigenvalue weighted by atomic mass is 9.96. The minimum absolute atomic E-state index is 0.540. The Balaban J connectivity index is 1.76. The van der Waals surface area contributed by atoms with Crippen LogP contribution in [-0.4, -0.2) is 36.7 Å². The van der Waals surface area contributed by atoms with E-state index in [1.165, 1.54) is 37.9 Å². The van der Waals surface area contributed by atoms with Crippen molar-refractivity contribution in [3.8, 4) is 5.75 Å². The number of ether oxygens (including phenoxy) is 1. The Morgan fingerprint density at radius 2 is 2.00 bits per heavy atom. The lowest BCUT2D eigenvalue weighted by Crippen LogP contribution is -2.45. The summed E-state index contributed by atoms with van der Waals surface area (Å²) >= 11 is 0. The molecule has 1 saturated heterocycles. The number of nitrogens with zero attached hydrogens (tertiary/aromatic N) is 1. The molecule has 3 heteroatoms. The predicted molar refractivity (Wildman–Crippen MR) is 86.8 cm³/mol. The summed E-state index contributed by atoms with van der Waals surface area (Å²) < 4.78 is 5.82. The topological polar surface area (TPSA) is 24.5 Å². The van der Waals surface area contributed by atoms with Crippen LogP contribution in [0.3, 0.4) is 0 Å². The van der Waals surface area contributed by atoms with Gasteiger partial charge in [0.15, 0.2) is 0 Å². The lowest BCUT2D eigenvalue weighted by Gasteiger charge is -2.39. The van der Waals surface area contributed by atoms with Gasteiger partial charge in [0.2, 0.25) is 0 Å². The minimum Gasteiger partial charge on any atom is -0.493 e. The monoisotopic (exact) mass is 288 g/mol. The molecule has 3 nitrogen and oxygen atoms in total. The first kappa shape index (κ1) is 14.9. The number of hydrogen-bond donors (Lipinski definition) is 1. The summed E-state index contributed by atoms with van der Waals surface area (Å²) in [5.74, 6) is 1.09. The molecular formula is C18H28N2O. The van der Waals surface area contributed by atoms with Gasteiger partial charge in [-0.1, -0.05) is 25.1 Å². The van der Waals surface area contributed by atoms with Gasteiger partial charge in [-0.25, -0.2) is 0 Å². The molecule has 2 heterocycles. The summed E-state index contributed by atoms with van der Waals surface area (Å²) in [6.45, 7) is 7.84. The third-order valence-corrected chi connectivity index (χ3v) is 4.99. The van der Waals surface area contributed by atoms with Gasteiger partial charge in [0, 0.05) is 43.2 Å². The second kappa shape index (κ2) is 6.80. The van der Waals surface area contributed by atoms with E-state index in [1.54, 1.807) is 0 Å². The van der Waals surface area contributed by atoms with Gasteiger partial charge in [-0.15, -0.1) is 0 Å². The van der Waals surface area contributed by atoms with Gasteiger partial charge in [0.05, 0.1) is 6.61 Å². The fraction of sp³-hybridized carbons (Fsp3) is 0.667. The standard InChI is InChI=1S/C18H28N2O/c1-3-15-9-12-20(11-8-14(2)19-15)17-10-13-21-18-7-5-4-6-16(17)18/h4-7,14-15,17,19H,3,8-13H2,1-2H3. The van der Waals surface area contributed by atoms with Gasteiger partial charge in [0.25, 0.3) is 0 Å². The number of para-hydroxylation sites is 1. The molecule has 3 unspecified atom stereocenters. The Hall–Kier alpha value is -1.06. The Labute approximate surface area is 128 Å². The van der Waals surface area contributed by atoms with Crippen LogP contribution in [-0.2, 0) is 0 Å². The number of rotatable bonds is 2. The first-order valence-corrected chi connectivity index (χ1v) is 8.49. The molecular weight excluding hydrogens is 260 g/mol. The van der Waals surface area contributed by atoms with Gasteiger partial charge in [-0.3, -0.25) is 4.90 Å². The summed E-state index contributed by atoms with van der Waals surface area (Å²) in [6, 6.07) is 10.4. The van der Waals surface area contributed by atoms with Gasteiger partial charge in [0.1, 0.15) is 5.75 Å². The smallest absolute Gasteiger partial charge is 0.124 e. The highest BCUT2D eigenvalue weighted by Crippen LogP contribution is 2.36. The Kier molecular flexibility index (Phi) is 4.81. The van der Waals surface area contributed by atoms with Crippen LogP contribution >= 0.6 is 0 Å². The molecule has 2 aliphatic rings. The van der Waals surface area contributed by atoms with E-state index in [0.717, 1.165) is 18.8 Å². The van der Waals surface area contributed by atoms with E-state index >= 15 is 0 Å². The molecule has 3 atom stereocenters. The third kappa shape index (κ3) is 3.41. The van der Waals surface area contributed by atoms with E-state index in [2.05, 4.69) is 48.3 Å². The Bertz CT molecular complexity index is 462. The van der Waals surface area contributed by atoms with Crippen LogP contribution in [0.15, 0.2) is 24.3 Å². The first-order valence-electron chi connectivity index (χ1n) is 8.49. The molecule has 0 amide bonds. The van der Waals surface area contributed by atoms with Crippen LogP contribution in [0.5, 0.6) is 5.75 Å². The Morgan fingerprint density at radius 3 is 2.86 bits per heavy atom. The summed E-state index contributed by atoms with van der Waals surface area (Å²) in [7, 11) is 0. The number of nitrogens with one attached hydrogen (secondary N) is 1. The van der Waals surface area contributed by atoms with Crippen LogP contribution in [0, 0.1) is 0 Å². The molecule has 1 fully saturated rings. The zero-order valence-corrected chi connectivity index (χ0v) is 13.3. The highest BCUT2D eigenvalue weighted by atomic mass is 16.5. The minimum atomic E-state index is 0.540. The SMILES string of the molecule is CCC1CCN(C2CCOc3ccccc32)CCC(C)N1. The normalized spacial score (nSPS) is 30.9. The van der Waals surface area contributed by atoms with Crippen LogP contribution in [0.4, 0.5) is 0 Å². The first-order chi connectivity index (χ1) is 10.3. The van der Waals surface area contributed by atoms with Crippen molar-refractivity contribution in [2.24, 2.45) is 0 Å². The molecule has 1 N–H and O–H groups in total. The summed E-state index contributed by atoms with van der Waals surface area (Å²) in [5, 5.41) is 3.76. The Morgan fingerprint density at radius 1 is 1.19 bits per heavy atom. The van der Waals surface area contributed by atoms with E-state index in [4.69, 9.17) is 4.74 Å². The maximum absolute atomic E-state index is 5.82. The molecule has 1 aromatic rings. The third-order valence-electron chi connectivity index (χ3n) is 4.99. The molecule has 0 saturated carbocycles. The van der Waals surface area contributed by atoms with Crippen molar-refractivity contribution in [2.75, 3.05) is 19.7 Å². The van der Waals surface area contributed by atoms with Crippen molar-refractivity contribution in [2.45, 2.75) is 57.7 Å². The van der Waals surface area contributed by atoms with Gasteiger partial charge in [-0.2, -0.15) is 0 Å². The number of fused-ring (bicyclic) bond motifs is 1. The maximum Gasteiger partial charge on any atom is 0.124 e. The van der Waals surface area contributed by atoms with E-state index < -0.39 is 0 Å². The van der Waals surface area contributed by atoms with Gasteiger partial charge >= 0.3 is 0 Å². The average Bonchev–Trinajstić information content (AvgIpc) is 2.51. The quantitative estimate of drug-likeness (QED) is 0.903. The number of hydrogen-bond acceptors (Lipinski definition) is 3. The van der Waals surface area contributed by atoms with Crippen molar-refractivity contribution < 1.29 is 4.74 Å².